The minimum atomic E-state index is -0.790. The van der Waals surface area contributed by atoms with E-state index in [4.69, 9.17) is 11.6 Å². The Morgan fingerprint density at radius 3 is 2.53 bits per heavy atom. The van der Waals surface area contributed by atoms with E-state index < -0.39 is 11.6 Å². The first kappa shape index (κ1) is 12.8. The van der Waals surface area contributed by atoms with Crippen molar-refractivity contribution in [1.29, 1.82) is 0 Å². The molecule has 0 unspecified atom stereocenters. The molecule has 1 rings (SSSR count). The first-order valence-corrected chi connectivity index (χ1v) is 6.40. The summed E-state index contributed by atoms with van der Waals surface area (Å²) in [7, 11) is 0. The van der Waals surface area contributed by atoms with Gasteiger partial charge >= 0.3 is 0 Å². The van der Waals surface area contributed by atoms with E-state index in [0.717, 1.165) is 36.0 Å². The number of unbranched alkanes of at least 4 members (excludes halogenated alkanes) is 2. The van der Waals surface area contributed by atoms with Crippen LogP contribution in [0.4, 0.5) is 8.78 Å². The van der Waals surface area contributed by atoms with Crippen LogP contribution in [0.1, 0.15) is 19.3 Å². The molecule has 0 radical (unpaired) electrons. The van der Waals surface area contributed by atoms with Crippen molar-refractivity contribution in [3.63, 3.8) is 0 Å². The van der Waals surface area contributed by atoms with Gasteiger partial charge in [-0.15, -0.1) is 23.4 Å². The molecular weight excluding hydrogens is 238 g/mol. The van der Waals surface area contributed by atoms with Gasteiger partial charge in [0.15, 0.2) is 11.6 Å². The maximum absolute atomic E-state index is 12.8. The van der Waals surface area contributed by atoms with Crippen LogP contribution >= 0.6 is 23.4 Å². The van der Waals surface area contributed by atoms with Gasteiger partial charge in [-0.25, -0.2) is 8.78 Å². The van der Waals surface area contributed by atoms with Crippen molar-refractivity contribution < 1.29 is 8.78 Å². The maximum atomic E-state index is 12.8. The maximum Gasteiger partial charge on any atom is 0.159 e. The Morgan fingerprint density at radius 1 is 1.07 bits per heavy atom. The zero-order valence-electron chi connectivity index (χ0n) is 8.31. The largest absolute Gasteiger partial charge is 0.204 e. The van der Waals surface area contributed by atoms with Crippen LogP contribution in [0.5, 0.6) is 0 Å². The summed E-state index contributed by atoms with van der Waals surface area (Å²) >= 11 is 7.08. The molecule has 0 saturated heterocycles. The van der Waals surface area contributed by atoms with E-state index in [-0.39, 0.29) is 0 Å². The summed E-state index contributed by atoms with van der Waals surface area (Å²) in [6.07, 6.45) is 3.15. The minimum absolute atomic E-state index is 0.690. The van der Waals surface area contributed by atoms with Crippen LogP contribution in [0.25, 0.3) is 0 Å². The lowest BCUT2D eigenvalue weighted by Gasteiger charge is -2.01. The zero-order chi connectivity index (χ0) is 11.1. The van der Waals surface area contributed by atoms with E-state index in [9.17, 15) is 8.78 Å². The highest BCUT2D eigenvalue weighted by atomic mass is 35.5. The first-order chi connectivity index (χ1) is 7.24. The molecule has 0 aliphatic carbocycles. The Hall–Kier alpha value is -0.280. The SMILES string of the molecule is Fc1ccc(SCCCCCCl)cc1F. The summed E-state index contributed by atoms with van der Waals surface area (Å²) < 4.78 is 25.4. The summed E-state index contributed by atoms with van der Waals surface area (Å²) in [6.45, 7) is 0. The Kier molecular flexibility index (Phi) is 6.03. The van der Waals surface area contributed by atoms with Gasteiger partial charge in [0.1, 0.15) is 0 Å². The number of hydrogen-bond acceptors (Lipinski definition) is 1. The second-order valence-electron chi connectivity index (χ2n) is 3.17. The average Bonchev–Trinajstić information content (AvgIpc) is 2.23. The van der Waals surface area contributed by atoms with E-state index in [2.05, 4.69) is 0 Å². The Labute approximate surface area is 98.0 Å². The van der Waals surface area contributed by atoms with Crippen LogP contribution < -0.4 is 0 Å². The van der Waals surface area contributed by atoms with Gasteiger partial charge < -0.3 is 0 Å². The van der Waals surface area contributed by atoms with Crippen LogP contribution in [-0.4, -0.2) is 11.6 Å². The molecular formula is C11H13ClF2S. The molecule has 0 atom stereocenters. The average molecular weight is 251 g/mol. The quantitative estimate of drug-likeness (QED) is 0.408. The van der Waals surface area contributed by atoms with Gasteiger partial charge in [0.05, 0.1) is 0 Å². The van der Waals surface area contributed by atoms with E-state index >= 15 is 0 Å². The molecule has 1 aromatic carbocycles. The van der Waals surface area contributed by atoms with E-state index in [1.807, 2.05) is 0 Å². The van der Waals surface area contributed by atoms with Crippen LogP contribution in [-0.2, 0) is 0 Å². The molecule has 0 bridgehead atoms. The Balaban J connectivity index is 2.28. The standard InChI is InChI=1S/C11H13ClF2S/c12-6-2-1-3-7-15-9-4-5-10(13)11(14)8-9/h4-5,8H,1-3,6-7H2. The van der Waals surface area contributed by atoms with Gasteiger partial charge in [-0.2, -0.15) is 0 Å². The van der Waals surface area contributed by atoms with Gasteiger partial charge in [0.25, 0.3) is 0 Å². The van der Waals surface area contributed by atoms with Crippen molar-refractivity contribution in [2.24, 2.45) is 0 Å². The molecule has 0 N–H and O–H groups in total. The van der Waals surface area contributed by atoms with Crippen LogP contribution in [0.3, 0.4) is 0 Å². The molecule has 0 amide bonds. The molecule has 15 heavy (non-hydrogen) atoms. The third-order valence-electron chi connectivity index (χ3n) is 1.94. The molecule has 0 aromatic heterocycles. The number of alkyl halides is 1. The number of rotatable bonds is 6. The van der Waals surface area contributed by atoms with Crippen molar-refractivity contribution in [2.75, 3.05) is 11.6 Å². The second-order valence-corrected chi connectivity index (χ2v) is 4.72. The highest BCUT2D eigenvalue weighted by Crippen LogP contribution is 2.21. The predicted octanol–water partition coefficient (Wildman–Crippen LogP) is 4.47. The molecule has 0 heterocycles. The van der Waals surface area contributed by atoms with Gasteiger partial charge in [-0.05, 0) is 36.8 Å². The highest BCUT2D eigenvalue weighted by molar-refractivity contribution is 7.99. The van der Waals surface area contributed by atoms with Crippen LogP contribution in [0.2, 0.25) is 0 Å². The number of benzene rings is 1. The number of hydrogen-bond donors (Lipinski definition) is 0. The van der Waals surface area contributed by atoms with Gasteiger partial charge in [0.2, 0.25) is 0 Å². The van der Waals surface area contributed by atoms with E-state index in [1.54, 1.807) is 17.8 Å². The molecule has 0 aliphatic heterocycles. The van der Waals surface area contributed by atoms with Crippen molar-refractivity contribution in [3.05, 3.63) is 29.8 Å². The normalized spacial score (nSPS) is 10.6. The van der Waals surface area contributed by atoms with Crippen molar-refractivity contribution in [2.45, 2.75) is 24.2 Å². The van der Waals surface area contributed by atoms with Gasteiger partial charge in [0, 0.05) is 10.8 Å². The minimum Gasteiger partial charge on any atom is -0.204 e. The zero-order valence-corrected chi connectivity index (χ0v) is 9.88. The monoisotopic (exact) mass is 250 g/mol. The fourth-order valence-corrected chi connectivity index (χ4v) is 2.25. The summed E-state index contributed by atoms with van der Waals surface area (Å²) in [5.41, 5.74) is 0. The van der Waals surface area contributed by atoms with Crippen molar-refractivity contribution >= 4 is 23.4 Å². The summed E-state index contributed by atoms with van der Waals surface area (Å²) in [6, 6.07) is 4.00. The second kappa shape index (κ2) is 7.07. The smallest absolute Gasteiger partial charge is 0.159 e. The molecule has 4 heteroatoms. The van der Waals surface area contributed by atoms with Gasteiger partial charge in [-0.3, -0.25) is 0 Å². The van der Waals surface area contributed by atoms with Crippen molar-refractivity contribution in [3.8, 4) is 0 Å². The molecule has 0 spiro atoms. The lowest BCUT2D eigenvalue weighted by atomic mass is 10.3. The Morgan fingerprint density at radius 2 is 1.87 bits per heavy atom. The first-order valence-electron chi connectivity index (χ1n) is 4.88. The van der Waals surface area contributed by atoms with Crippen LogP contribution in [0.15, 0.2) is 23.1 Å². The third kappa shape index (κ3) is 4.85. The topological polar surface area (TPSA) is 0 Å². The lowest BCUT2D eigenvalue weighted by molar-refractivity contribution is 0.506. The van der Waals surface area contributed by atoms with Crippen LogP contribution in [0, 0.1) is 11.6 Å². The fourth-order valence-electron chi connectivity index (χ4n) is 1.13. The van der Waals surface area contributed by atoms with E-state index in [1.165, 1.54) is 6.07 Å². The lowest BCUT2D eigenvalue weighted by Crippen LogP contribution is -1.86. The van der Waals surface area contributed by atoms with Crippen molar-refractivity contribution in [1.82, 2.24) is 0 Å². The predicted molar refractivity (Wildman–Crippen MR) is 61.7 cm³/mol. The summed E-state index contributed by atoms with van der Waals surface area (Å²) in [5, 5.41) is 0. The third-order valence-corrected chi connectivity index (χ3v) is 3.29. The van der Waals surface area contributed by atoms with Gasteiger partial charge in [-0.1, -0.05) is 6.42 Å². The molecule has 0 fully saturated rings. The molecule has 0 nitrogen and oxygen atoms in total. The highest BCUT2D eigenvalue weighted by Gasteiger charge is 2.02. The fraction of sp³-hybridized carbons (Fsp3) is 0.455. The summed E-state index contributed by atoms with van der Waals surface area (Å²) in [4.78, 5) is 0.778. The molecule has 84 valence electrons. The molecule has 0 saturated carbocycles. The Bertz CT molecular complexity index is 305. The summed E-state index contributed by atoms with van der Waals surface area (Å²) in [5.74, 6) is 0.0416. The number of thioether (sulfide) groups is 1. The molecule has 0 aliphatic rings. The molecule has 1 aromatic rings. The number of halogens is 3. The van der Waals surface area contributed by atoms with E-state index in [0.29, 0.717) is 5.88 Å².